The van der Waals surface area contributed by atoms with Crippen LogP contribution >= 0.6 is 39.9 Å². The second kappa shape index (κ2) is 10.5. The van der Waals surface area contributed by atoms with Gasteiger partial charge in [0.1, 0.15) is 0 Å². The first-order chi connectivity index (χ1) is 10.6. The molecule has 2 N–H and O–H groups in total. The van der Waals surface area contributed by atoms with Crippen molar-refractivity contribution in [1.29, 1.82) is 0 Å². The number of aliphatic imine (C=N–C) groups is 1. The molecule has 0 atom stereocenters. The van der Waals surface area contributed by atoms with Crippen molar-refractivity contribution in [2.45, 2.75) is 45.3 Å². The zero-order chi connectivity index (χ0) is 15.9. The van der Waals surface area contributed by atoms with E-state index >= 15 is 0 Å². The van der Waals surface area contributed by atoms with Crippen molar-refractivity contribution in [1.82, 2.24) is 15.5 Å². The first-order valence-electron chi connectivity index (χ1n) is 8.04. The van der Waals surface area contributed by atoms with E-state index in [2.05, 4.69) is 68.5 Å². The van der Waals surface area contributed by atoms with Gasteiger partial charge in [0.2, 0.25) is 0 Å². The van der Waals surface area contributed by atoms with Crippen LogP contribution in [-0.4, -0.2) is 43.1 Å². The van der Waals surface area contributed by atoms with Gasteiger partial charge in [0.25, 0.3) is 0 Å². The topological polar surface area (TPSA) is 39.7 Å². The van der Waals surface area contributed by atoms with Crippen LogP contribution in [0.1, 0.15) is 32.3 Å². The number of nitrogens with zero attached hydrogens (tertiary/aromatic N) is 2. The number of piperidine rings is 1. The number of rotatable bonds is 4. The predicted octanol–water partition coefficient (Wildman–Crippen LogP) is 3.60. The lowest BCUT2D eigenvalue weighted by Gasteiger charge is -2.35. The van der Waals surface area contributed by atoms with Gasteiger partial charge in [0.15, 0.2) is 5.96 Å². The Hall–Kier alpha value is -0.340. The van der Waals surface area contributed by atoms with Gasteiger partial charge in [-0.2, -0.15) is 0 Å². The fourth-order valence-electron chi connectivity index (χ4n) is 2.78. The molecule has 0 unspecified atom stereocenters. The van der Waals surface area contributed by atoms with Crippen molar-refractivity contribution in [2.75, 3.05) is 20.1 Å². The van der Waals surface area contributed by atoms with Crippen LogP contribution in [-0.2, 0) is 6.54 Å². The zero-order valence-electron chi connectivity index (χ0n) is 14.2. The summed E-state index contributed by atoms with van der Waals surface area (Å²) in [5.74, 6) is 0.892. The summed E-state index contributed by atoms with van der Waals surface area (Å²) in [7, 11) is 1.83. The summed E-state index contributed by atoms with van der Waals surface area (Å²) in [6.45, 7) is 7.65. The van der Waals surface area contributed by atoms with Crippen molar-refractivity contribution in [3.8, 4) is 0 Å². The van der Waals surface area contributed by atoms with E-state index in [9.17, 15) is 0 Å². The van der Waals surface area contributed by atoms with Crippen LogP contribution < -0.4 is 10.6 Å². The van der Waals surface area contributed by atoms with Gasteiger partial charge >= 0.3 is 0 Å². The Morgan fingerprint density at radius 1 is 1.35 bits per heavy atom. The third-order valence-corrected chi connectivity index (χ3v) is 4.67. The molecule has 0 radical (unpaired) electrons. The maximum atomic E-state index is 4.34. The van der Waals surface area contributed by atoms with Gasteiger partial charge in [-0.1, -0.05) is 28.1 Å². The van der Waals surface area contributed by atoms with Gasteiger partial charge < -0.3 is 15.5 Å². The Morgan fingerprint density at radius 3 is 2.61 bits per heavy atom. The molecular formula is C17H28BrIN4. The minimum atomic E-state index is 0. The van der Waals surface area contributed by atoms with Crippen molar-refractivity contribution in [2.24, 2.45) is 4.99 Å². The number of halogens is 2. The van der Waals surface area contributed by atoms with Gasteiger partial charge in [0.05, 0.1) is 0 Å². The summed E-state index contributed by atoms with van der Waals surface area (Å²) in [6.07, 6.45) is 2.35. The van der Waals surface area contributed by atoms with E-state index in [1.54, 1.807) is 0 Å². The first-order valence-corrected chi connectivity index (χ1v) is 8.83. The van der Waals surface area contributed by atoms with Crippen molar-refractivity contribution in [3.63, 3.8) is 0 Å². The van der Waals surface area contributed by atoms with Crippen LogP contribution in [0.3, 0.4) is 0 Å². The molecule has 0 saturated carbocycles. The smallest absolute Gasteiger partial charge is 0.191 e. The number of hydrogen-bond acceptors (Lipinski definition) is 2. The van der Waals surface area contributed by atoms with E-state index in [0.29, 0.717) is 12.1 Å². The Kier molecular flexibility index (Phi) is 9.46. The van der Waals surface area contributed by atoms with E-state index in [-0.39, 0.29) is 24.0 Å². The van der Waals surface area contributed by atoms with Gasteiger partial charge in [-0.05, 0) is 44.4 Å². The van der Waals surface area contributed by atoms with Gasteiger partial charge in [-0.25, -0.2) is 0 Å². The number of hydrogen-bond donors (Lipinski definition) is 2. The van der Waals surface area contributed by atoms with E-state index in [1.807, 2.05) is 13.1 Å². The summed E-state index contributed by atoms with van der Waals surface area (Å²) >= 11 is 3.50. The standard InChI is InChI=1S/C17H27BrN4.HI/c1-13(2)22-9-7-16(8-10-22)21-17(19-3)20-12-14-5-4-6-15(18)11-14;/h4-6,11,13,16H,7-10,12H2,1-3H3,(H2,19,20,21);1H. The summed E-state index contributed by atoms with van der Waals surface area (Å²) in [6, 6.07) is 9.50. The molecule has 0 aliphatic carbocycles. The molecule has 1 aliphatic rings. The largest absolute Gasteiger partial charge is 0.354 e. The maximum absolute atomic E-state index is 4.34. The van der Waals surface area contributed by atoms with Crippen LogP contribution in [0.25, 0.3) is 0 Å². The second-order valence-electron chi connectivity index (χ2n) is 6.10. The minimum absolute atomic E-state index is 0. The zero-order valence-corrected chi connectivity index (χ0v) is 18.1. The number of benzene rings is 1. The molecular weight excluding hydrogens is 467 g/mol. The summed E-state index contributed by atoms with van der Waals surface area (Å²) in [5.41, 5.74) is 1.24. The monoisotopic (exact) mass is 494 g/mol. The molecule has 0 aromatic heterocycles. The van der Waals surface area contributed by atoms with Gasteiger partial charge in [-0.15, -0.1) is 24.0 Å². The third kappa shape index (κ3) is 6.97. The van der Waals surface area contributed by atoms with Crippen LogP contribution in [0.4, 0.5) is 0 Å². The fraction of sp³-hybridized carbons (Fsp3) is 0.588. The third-order valence-electron chi connectivity index (χ3n) is 4.17. The lowest BCUT2D eigenvalue weighted by molar-refractivity contribution is 0.167. The van der Waals surface area contributed by atoms with Crippen LogP contribution in [0.15, 0.2) is 33.7 Å². The molecule has 1 aromatic rings. The SMILES string of the molecule is CN=C(NCc1cccc(Br)c1)NC1CCN(C(C)C)CC1.I. The van der Waals surface area contributed by atoms with Crippen molar-refractivity contribution < 1.29 is 0 Å². The quantitative estimate of drug-likeness (QED) is 0.381. The molecule has 0 spiro atoms. The first kappa shape index (κ1) is 20.7. The Balaban J connectivity index is 0.00000264. The van der Waals surface area contributed by atoms with E-state index < -0.39 is 0 Å². The molecule has 130 valence electrons. The van der Waals surface area contributed by atoms with Gasteiger partial charge in [-0.3, -0.25) is 4.99 Å². The number of likely N-dealkylation sites (tertiary alicyclic amines) is 1. The van der Waals surface area contributed by atoms with E-state index in [4.69, 9.17) is 0 Å². The average Bonchev–Trinajstić information content (AvgIpc) is 2.52. The minimum Gasteiger partial charge on any atom is -0.354 e. The lowest BCUT2D eigenvalue weighted by Crippen LogP contribution is -2.49. The number of nitrogens with one attached hydrogen (secondary N) is 2. The average molecular weight is 495 g/mol. The molecule has 4 nitrogen and oxygen atoms in total. The van der Waals surface area contributed by atoms with Crippen LogP contribution in [0.2, 0.25) is 0 Å². The van der Waals surface area contributed by atoms with Crippen LogP contribution in [0, 0.1) is 0 Å². The molecule has 2 rings (SSSR count). The molecule has 1 fully saturated rings. The molecule has 6 heteroatoms. The van der Waals surface area contributed by atoms with Crippen molar-refractivity contribution in [3.05, 3.63) is 34.3 Å². The maximum Gasteiger partial charge on any atom is 0.191 e. The Morgan fingerprint density at radius 2 is 2.04 bits per heavy atom. The Bertz CT molecular complexity index is 499. The fourth-order valence-corrected chi connectivity index (χ4v) is 3.23. The molecule has 23 heavy (non-hydrogen) atoms. The number of guanidine groups is 1. The molecule has 0 amide bonds. The van der Waals surface area contributed by atoms with Gasteiger partial charge in [0, 0.05) is 43.2 Å². The highest BCUT2D eigenvalue weighted by atomic mass is 127. The highest BCUT2D eigenvalue weighted by Gasteiger charge is 2.21. The van der Waals surface area contributed by atoms with E-state index in [1.165, 1.54) is 18.4 Å². The predicted molar refractivity (Wildman–Crippen MR) is 113 cm³/mol. The molecule has 1 aliphatic heterocycles. The molecule has 1 aromatic carbocycles. The normalized spacial score (nSPS) is 17.0. The van der Waals surface area contributed by atoms with Crippen molar-refractivity contribution >= 4 is 45.9 Å². The Labute approximate surface area is 165 Å². The highest BCUT2D eigenvalue weighted by molar-refractivity contribution is 14.0. The van der Waals surface area contributed by atoms with Crippen LogP contribution in [0.5, 0.6) is 0 Å². The molecule has 1 heterocycles. The lowest BCUT2D eigenvalue weighted by atomic mass is 10.0. The molecule has 1 saturated heterocycles. The van der Waals surface area contributed by atoms with E-state index in [0.717, 1.165) is 30.1 Å². The summed E-state index contributed by atoms with van der Waals surface area (Å²) < 4.78 is 1.11. The summed E-state index contributed by atoms with van der Waals surface area (Å²) in [5, 5.41) is 6.95. The molecule has 0 bridgehead atoms. The summed E-state index contributed by atoms with van der Waals surface area (Å²) in [4.78, 5) is 6.88. The second-order valence-corrected chi connectivity index (χ2v) is 7.02. The highest BCUT2D eigenvalue weighted by Crippen LogP contribution is 2.13.